The van der Waals surface area contributed by atoms with Crippen LogP contribution in [0, 0.1) is 5.92 Å². The van der Waals surface area contributed by atoms with Gasteiger partial charge in [0.2, 0.25) is 10.0 Å². The maximum atomic E-state index is 11.6. The highest BCUT2D eigenvalue weighted by Gasteiger charge is 2.14. The number of nitrogens with two attached hydrogens (primary N) is 1. The Morgan fingerprint density at radius 3 is 2.55 bits per heavy atom. The smallest absolute Gasteiger partial charge is 0.411 e. The minimum Gasteiger partial charge on any atom is -0.495 e. The lowest BCUT2D eigenvalue weighted by molar-refractivity contribution is 0.147. The van der Waals surface area contributed by atoms with Crippen LogP contribution >= 0.6 is 0 Å². The number of primary sulfonamides is 1. The molecule has 1 aromatic carbocycles. The summed E-state index contributed by atoms with van der Waals surface area (Å²) < 4.78 is 32.5. The molecule has 0 fully saturated rings. The van der Waals surface area contributed by atoms with Crippen LogP contribution in [0.3, 0.4) is 0 Å². The predicted molar refractivity (Wildman–Crippen MR) is 74.2 cm³/mol. The number of carbonyl (C=O) groups is 1. The van der Waals surface area contributed by atoms with Gasteiger partial charge in [-0.3, -0.25) is 5.32 Å². The van der Waals surface area contributed by atoms with E-state index in [1.807, 2.05) is 13.8 Å². The fraction of sp³-hybridized carbons (Fsp3) is 0.417. The molecule has 0 radical (unpaired) electrons. The second kappa shape index (κ2) is 6.58. The van der Waals surface area contributed by atoms with Crippen molar-refractivity contribution in [2.75, 3.05) is 19.0 Å². The van der Waals surface area contributed by atoms with E-state index in [9.17, 15) is 13.2 Å². The van der Waals surface area contributed by atoms with Crippen LogP contribution in [0.25, 0.3) is 0 Å². The number of nitrogens with one attached hydrogen (secondary N) is 1. The second-order valence-corrected chi connectivity index (χ2v) is 6.09. The normalized spacial score (nSPS) is 11.2. The van der Waals surface area contributed by atoms with Crippen LogP contribution in [0.4, 0.5) is 10.5 Å². The molecule has 112 valence electrons. The average molecular weight is 302 g/mol. The van der Waals surface area contributed by atoms with Crippen molar-refractivity contribution in [3.63, 3.8) is 0 Å². The number of rotatable bonds is 5. The zero-order valence-electron chi connectivity index (χ0n) is 11.5. The Labute approximate surface area is 118 Å². The lowest BCUT2D eigenvalue weighted by Crippen LogP contribution is -2.18. The zero-order valence-corrected chi connectivity index (χ0v) is 12.4. The first-order valence-electron chi connectivity index (χ1n) is 5.88. The minimum absolute atomic E-state index is 0.127. The van der Waals surface area contributed by atoms with E-state index >= 15 is 0 Å². The number of hydrogen-bond acceptors (Lipinski definition) is 5. The summed E-state index contributed by atoms with van der Waals surface area (Å²) >= 11 is 0. The van der Waals surface area contributed by atoms with Crippen molar-refractivity contribution < 1.29 is 22.7 Å². The van der Waals surface area contributed by atoms with Crippen LogP contribution < -0.4 is 15.2 Å². The van der Waals surface area contributed by atoms with E-state index in [1.165, 1.54) is 25.3 Å². The van der Waals surface area contributed by atoms with Gasteiger partial charge in [0.05, 0.1) is 24.3 Å². The summed E-state index contributed by atoms with van der Waals surface area (Å²) in [6.07, 6.45) is -0.691. The topological polar surface area (TPSA) is 108 Å². The molecule has 0 aromatic heterocycles. The van der Waals surface area contributed by atoms with E-state index in [2.05, 4.69) is 5.32 Å². The Bertz CT molecular complexity index is 584. The van der Waals surface area contributed by atoms with Gasteiger partial charge in [-0.05, 0) is 24.1 Å². The predicted octanol–water partition coefficient (Wildman–Crippen LogP) is 1.55. The minimum atomic E-state index is -3.86. The van der Waals surface area contributed by atoms with E-state index in [1.54, 1.807) is 0 Å². The molecule has 0 aliphatic carbocycles. The van der Waals surface area contributed by atoms with Crippen molar-refractivity contribution in [1.82, 2.24) is 0 Å². The number of benzene rings is 1. The van der Waals surface area contributed by atoms with Crippen molar-refractivity contribution in [3.05, 3.63) is 18.2 Å². The van der Waals surface area contributed by atoms with Gasteiger partial charge in [-0.15, -0.1) is 0 Å². The zero-order chi connectivity index (χ0) is 15.3. The molecule has 0 aliphatic heterocycles. The molecule has 1 aromatic rings. The fourth-order valence-electron chi connectivity index (χ4n) is 1.35. The quantitative estimate of drug-likeness (QED) is 0.858. The van der Waals surface area contributed by atoms with Crippen LogP contribution in [0.5, 0.6) is 5.75 Å². The largest absolute Gasteiger partial charge is 0.495 e. The lowest BCUT2D eigenvalue weighted by Gasteiger charge is -2.12. The molecule has 0 bridgehead atoms. The highest BCUT2D eigenvalue weighted by molar-refractivity contribution is 7.89. The molecular weight excluding hydrogens is 284 g/mol. The maximum absolute atomic E-state index is 11.6. The van der Waals surface area contributed by atoms with E-state index in [0.717, 1.165) is 0 Å². The van der Waals surface area contributed by atoms with E-state index in [4.69, 9.17) is 14.6 Å². The molecule has 7 nitrogen and oxygen atoms in total. The SMILES string of the molecule is COc1ccc(S(N)(=O)=O)cc1NC(=O)OCC(C)C. The number of anilines is 1. The second-order valence-electron chi connectivity index (χ2n) is 4.52. The number of sulfonamides is 1. The monoisotopic (exact) mass is 302 g/mol. The van der Waals surface area contributed by atoms with Gasteiger partial charge in [0.1, 0.15) is 5.75 Å². The van der Waals surface area contributed by atoms with E-state index in [-0.39, 0.29) is 23.1 Å². The molecule has 1 rings (SSSR count). The fourth-order valence-corrected chi connectivity index (χ4v) is 1.89. The molecule has 3 N–H and O–H groups in total. The number of ether oxygens (including phenoxy) is 2. The number of amides is 1. The molecule has 0 aliphatic rings. The summed E-state index contributed by atoms with van der Waals surface area (Å²) in [4.78, 5) is 11.4. The Kier molecular flexibility index (Phi) is 5.34. The van der Waals surface area contributed by atoms with Gasteiger partial charge >= 0.3 is 6.09 Å². The first-order valence-corrected chi connectivity index (χ1v) is 7.43. The third-order valence-electron chi connectivity index (χ3n) is 2.28. The van der Waals surface area contributed by atoms with Crippen LogP contribution in [0.1, 0.15) is 13.8 Å². The van der Waals surface area contributed by atoms with Crippen molar-refractivity contribution in [1.29, 1.82) is 0 Å². The van der Waals surface area contributed by atoms with Crippen LogP contribution in [0.15, 0.2) is 23.1 Å². The van der Waals surface area contributed by atoms with Crippen molar-refractivity contribution in [2.24, 2.45) is 11.1 Å². The van der Waals surface area contributed by atoms with Gasteiger partial charge in [-0.25, -0.2) is 18.4 Å². The Morgan fingerprint density at radius 1 is 1.40 bits per heavy atom. The molecule has 0 saturated carbocycles. The Morgan fingerprint density at radius 2 is 2.05 bits per heavy atom. The molecule has 0 atom stereocenters. The van der Waals surface area contributed by atoms with E-state index in [0.29, 0.717) is 5.75 Å². The average Bonchev–Trinajstić information content (AvgIpc) is 2.35. The third-order valence-corrected chi connectivity index (χ3v) is 3.19. The van der Waals surface area contributed by atoms with Gasteiger partial charge in [-0.2, -0.15) is 0 Å². The van der Waals surface area contributed by atoms with Crippen LogP contribution in [-0.4, -0.2) is 28.2 Å². The first kappa shape index (κ1) is 16.3. The molecule has 20 heavy (non-hydrogen) atoms. The molecule has 1 amide bonds. The van der Waals surface area contributed by atoms with Gasteiger partial charge in [0.15, 0.2) is 0 Å². The highest BCUT2D eigenvalue weighted by atomic mass is 32.2. The highest BCUT2D eigenvalue weighted by Crippen LogP contribution is 2.27. The molecular formula is C12H18N2O5S. The summed E-state index contributed by atoms with van der Waals surface area (Å²) in [5, 5.41) is 7.46. The summed E-state index contributed by atoms with van der Waals surface area (Å²) in [5.74, 6) is 0.497. The maximum Gasteiger partial charge on any atom is 0.411 e. The summed E-state index contributed by atoms with van der Waals surface area (Å²) in [7, 11) is -2.46. The Hall–Kier alpha value is -1.80. The van der Waals surface area contributed by atoms with Gasteiger partial charge < -0.3 is 9.47 Å². The number of methoxy groups -OCH3 is 1. The molecule has 0 heterocycles. The summed E-state index contributed by atoms with van der Waals surface area (Å²) in [6.45, 7) is 4.05. The van der Waals surface area contributed by atoms with Crippen LogP contribution in [-0.2, 0) is 14.8 Å². The molecule has 0 spiro atoms. The Balaban J connectivity index is 2.95. The van der Waals surface area contributed by atoms with Gasteiger partial charge in [0, 0.05) is 0 Å². The van der Waals surface area contributed by atoms with Crippen molar-refractivity contribution >= 4 is 21.8 Å². The van der Waals surface area contributed by atoms with E-state index < -0.39 is 16.1 Å². The van der Waals surface area contributed by atoms with Crippen molar-refractivity contribution in [2.45, 2.75) is 18.7 Å². The van der Waals surface area contributed by atoms with Gasteiger partial charge in [-0.1, -0.05) is 13.8 Å². The third kappa shape index (κ3) is 4.71. The van der Waals surface area contributed by atoms with Gasteiger partial charge in [0.25, 0.3) is 0 Å². The summed E-state index contributed by atoms with van der Waals surface area (Å²) in [5.41, 5.74) is 0.174. The summed E-state index contributed by atoms with van der Waals surface area (Å²) in [6, 6.07) is 3.90. The lowest BCUT2D eigenvalue weighted by atomic mass is 10.2. The van der Waals surface area contributed by atoms with Crippen molar-refractivity contribution in [3.8, 4) is 5.75 Å². The molecule has 8 heteroatoms. The number of carbonyl (C=O) groups excluding carboxylic acids is 1. The number of hydrogen-bond donors (Lipinski definition) is 2. The first-order chi connectivity index (χ1) is 9.24. The molecule has 0 saturated heterocycles. The van der Waals surface area contributed by atoms with Crippen LogP contribution in [0.2, 0.25) is 0 Å². The standard InChI is InChI=1S/C12H18N2O5S/c1-8(2)7-19-12(15)14-10-6-9(20(13,16)17)4-5-11(10)18-3/h4-6,8H,7H2,1-3H3,(H,14,15)(H2,13,16,17). The molecule has 0 unspecified atom stereocenters.